The molecule has 0 spiro atoms. The summed E-state index contributed by atoms with van der Waals surface area (Å²) < 4.78 is 11.1. The number of ether oxygens (including phenoxy) is 2. The minimum absolute atomic E-state index is 0.0288. The fourth-order valence-electron chi connectivity index (χ4n) is 1.41. The highest BCUT2D eigenvalue weighted by atomic mass is 79.9. The first-order valence-electron chi connectivity index (χ1n) is 5.83. The highest BCUT2D eigenvalue weighted by Crippen LogP contribution is 2.17. The van der Waals surface area contributed by atoms with Crippen molar-refractivity contribution in [3.63, 3.8) is 0 Å². The number of halogens is 1. The number of carbonyl (C=O) groups is 1. The average Bonchev–Trinajstić information content (AvgIpc) is 2.42. The quantitative estimate of drug-likeness (QED) is 0.759. The molecule has 0 atom stereocenters. The van der Waals surface area contributed by atoms with Crippen molar-refractivity contribution in [2.75, 3.05) is 18.1 Å². The highest BCUT2D eigenvalue weighted by Gasteiger charge is 2.08. The number of nitrogens with two attached hydrogens (primary N) is 2. The van der Waals surface area contributed by atoms with Crippen LogP contribution in [0.5, 0.6) is 5.75 Å². The van der Waals surface area contributed by atoms with E-state index in [2.05, 4.69) is 30.9 Å². The number of benzene rings is 1. The van der Waals surface area contributed by atoms with Gasteiger partial charge in [0.05, 0.1) is 0 Å². The van der Waals surface area contributed by atoms with Crippen LogP contribution >= 0.6 is 15.9 Å². The van der Waals surface area contributed by atoms with Crippen molar-refractivity contribution in [1.82, 2.24) is 15.0 Å². The Balaban J connectivity index is 1.82. The molecule has 0 saturated carbocycles. The fourth-order valence-corrected chi connectivity index (χ4v) is 1.79. The molecule has 0 amide bonds. The molecule has 2 rings (SSSR count). The molecule has 110 valence electrons. The Morgan fingerprint density at radius 3 is 2.57 bits per heavy atom. The first-order valence-corrected chi connectivity index (χ1v) is 6.62. The second kappa shape index (κ2) is 6.84. The molecule has 9 heteroatoms. The zero-order chi connectivity index (χ0) is 15.2. The molecule has 0 bridgehead atoms. The van der Waals surface area contributed by atoms with Crippen molar-refractivity contribution in [2.24, 2.45) is 0 Å². The number of carbonyl (C=O) groups excluding carboxylic acids is 1. The second-order valence-electron chi connectivity index (χ2n) is 3.87. The van der Waals surface area contributed by atoms with Gasteiger partial charge in [-0.3, -0.25) is 0 Å². The Morgan fingerprint density at radius 2 is 1.90 bits per heavy atom. The van der Waals surface area contributed by atoms with Crippen molar-refractivity contribution in [3.05, 3.63) is 34.6 Å². The molecular formula is C12H12BrN5O3. The van der Waals surface area contributed by atoms with Crippen LogP contribution in [0.2, 0.25) is 0 Å². The molecule has 0 fully saturated rings. The lowest BCUT2D eigenvalue weighted by molar-refractivity contribution is -0.147. The molecule has 0 unspecified atom stereocenters. The predicted molar refractivity (Wildman–Crippen MR) is 78.1 cm³/mol. The summed E-state index contributed by atoms with van der Waals surface area (Å²) in [6, 6.07) is 7.11. The zero-order valence-electron chi connectivity index (χ0n) is 10.8. The van der Waals surface area contributed by atoms with E-state index in [9.17, 15) is 4.79 Å². The smallest absolute Gasteiger partial charge is 0.344 e. The summed E-state index contributed by atoms with van der Waals surface area (Å²) >= 11 is 3.30. The van der Waals surface area contributed by atoms with Crippen LogP contribution < -0.4 is 16.2 Å². The number of hydrogen-bond acceptors (Lipinski definition) is 8. The molecule has 0 saturated heterocycles. The molecule has 0 radical (unpaired) electrons. The van der Waals surface area contributed by atoms with Crippen molar-refractivity contribution in [3.8, 4) is 5.75 Å². The van der Waals surface area contributed by atoms with Crippen molar-refractivity contribution < 1.29 is 14.3 Å². The van der Waals surface area contributed by atoms with Crippen LogP contribution in [0.3, 0.4) is 0 Å². The number of esters is 1. The first-order chi connectivity index (χ1) is 10.0. The van der Waals surface area contributed by atoms with E-state index in [1.54, 1.807) is 18.2 Å². The molecule has 8 nitrogen and oxygen atoms in total. The van der Waals surface area contributed by atoms with Crippen LogP contribution in [-0.4, -0.2) is 27.5 Å². The Bertz CT molecular complexity index is 632. The third kappa shape index (κ3) is 4.88. The average molecular weight is 354 g/mol. The normalized spacial score (nSPS) is 10.1. The first kappa shape index (κ1) is 15.0. The van der Waals surface area contributed by atoms with Crippen molar-refractivity contribution >= 4 is 33.8 Å². The Kier molecular flexibility index (Phi) is 4.88. The molecule has 0 aliphatic heterocycles. The van der Waals surface area contributed by atoms with E-state index in [-0.39, 0.29) is 30.9 Å². The van der Waals surface area contributed by atoms with E-state index < -0.39 is 5.97 Å². The molecule has 1 heterocycles. The van der Waals surface area contributed by atoms with Gasteiger partial charge in [0.25, 0.3) is 0 Å². The summed E-state index contributed by atoms with van der Waals surface area (Å²) in [6.07, 6.45) is 0. The second-order valence-corrected chi connectivity index (χ2v) is 4.79. The third-order valence-corrected chi connectivity index (χ3v) is 2.72. The van der Waals surface area contributed by atoms with Gasteiger partial charge in [0.15, 0.2) is 19.0 Å². The van der Waals surface area contributed by atoms with E-state index >= 15 is 0 Å². The summed E-state index contributed by atoms with van der Waals surface area (Å²) in [7, 11) is 0. The third-order valence-electron chi connectivity index (χ3n) is 2.23. The summed E-state index contributed by atoms with van der Waals surface area (Å²) in [5, 5.41) is 0. The van der Waals surface area contributed by atoms with Gasteiger partial charge in [0.1, 0.15) is 5.75 Å². The summed E-state index contributed by atoms with van der Waals surface area (Å²) in [6.45, 7) is -0.385. The molecule has 21 heavy (non-hydrogen) atoms. The van der Waals surface area contributed by atoms with Gasteiger partial charge in [-0.15, -0.1) is 0 Å². The molecule has 0 aliphatic rings. The maximum atomic E-state index is 11.6. The molecule has 2 aromatic rings. The molecule has 4 N–H and O–H groups in total. The fraction of sp³-hybridized carbons (Fsp3) is 0.167. The SMILES string of the molecule is Nc1nc(N)nc(COC(=O)COc2cccc(Br)c2)n1. The van der Waals surface area contributed by atoms with Gasteiger partial charge in [0, 0.05) is 4.47 Å². The van der Waals surface area contributed by atoms with Gasteiger partial charge in [-0.2, -0.15) is 15.0 Å². The summed E-state index contributed by atoms with van der Waals surface area (Å²) in [4.78, 5) is 22.7. The van der Waals surface area contributed by atoms with E-state index in [0.29, 0.717) is 5.75 Å². The van der Waals surface area contributed by atoms with Gasteiger partial charge < -0.3 is 20.9 Å². The molecular weight excluding hydrogens is 342 g/mol. The standard InChI is InChI=1S/C12H12BrN5O3/c13-7-2-1-3-8(4-7)20-6-10(19)21-5-9-16-11(14)18-12(15)17-9/h1-4H,5-6H2,(H4,14,15,16,17,18). The van der Waals surface area contributed by atoms with E-state index in [1.165, 1.54) is 0 Å². The van der Waals surface area contributed by atoms with Crippen molar-refractivity contribution in [2.45, 2.75) is 6.61 Å². The van der Waals surface area contributed by atoms with Crippen LogP contribution in [0, 0.1) is 0 Å². The van der Waals surface area contributed by atoms with Crippen molar-refractivity contribution in [1.29, 1.82) is 0 Å². The number of nitrogens with zero attached hydrogens (tertiary/aromatic N) is 3. The van der Waals surface area contributed by atoms with Gasteiger partial charge in [-0.05, 0) is 18.2 Å². The lowest BCUT2D eigenvalue weighted by Gasteiger charge is -2.07. The van der Waals surface area contributed by atoms with Gasteiger partial charge >= 0.3 is 5.97 Å². The maximum absolute atomic E-state index is 11.6. The van der Waals surface area contributed by atoms with Crippen LogP contribution in [0.15, 0.2) is 28.7 Å². The van der Waals surface area contributed by atoms with Crippen LogP contribution in [0.1, 0.15) is 5.82 Å². The topological polar surface area (TPSA) is 126 Å². The highest BCUT2D eigenvalue weighted by molar-refractivity contribution is 9.10. The van der Waals surface area contributed by atoms with E-state index in [4.69, 9.17) is 20.9 Å². The monoisotopic (exact) mass is 353 g/mol. The zero-order valence-corrected chi connectivity index (χ0v) is 12.4. The molecule has 1 aromatic heterocycles. The van der Waals surface area contributed by atoms with E-state index in [0.717, 1.165) is 4.47 Å². The molecule has 1 aromatic carbocycles. The Morgan fingerprint density at radius 1 is 1.19 bits per heavy atom. The van der Waals surface area contributed by atoms with Crippen LogP contribution in [-0.2, 0) is 16.1 Å². The minimum Gasteiger partial charge on any atom is -0.482 e. The summed E-state index contributed by atoms with van der Waals surface area (Å²) in [5.41, 5.74) is 10.8. The minimum atomic E-state index is -0.562. The number of anilines is 2. The maximum Gasteiger partial charge on any atom is 0.344 e. The van der Waals surface area contributed by atoms with Gasteiger partial charge in [-0.25, -0.2) is 4.79 Å². The Hall–Kier alpha value is -2.42. The number of hydrogen-bond donors (Lipinski definition) is 2. The molecule has 0 aliphatic carbocycles. The van der Waals surface area contributed by atoms with Crippen LogP contribution in [0.4, 0.5) is 11.9 Å². The number of aromatic nitrogens is 3. The summed E-state index contributed by atoms with van der Waals surface area (Å²) in [5.74, 6) is 0.108. The number of rotatable bonds is 5. The van der Waals surface area contributed by atoms with Crippen LogP contribution in [0.25, 0.3) is 0 Å². The lowest BCUT2D eigenvalue weighted by atomic mass is 10.3. The van der Waals surface area contributed by atoms with Gasteiger partial charge in [-0.1, -0.05) is 22.0 Å². The largest absolute Gasteiger partial charge is 0.482 e. The predicted octanol–water partition coefficient (Wildman–Crippen LogP) is 0.921. The Labute approximate surface area is 128 Å². The number of nitrogen functional groups attached to an aromatic ring is 2. The lowest BCUT2D eigenvalue weighted by Crippen LogP contribution is -2.16. The van der Waals surface area contributed by atoms with Gasteiger partial charge in [0.2, 0.25) is 11.9 Å². The van der Waals surface area contributed by atoms with E-state index in [1.807, 2.05) is 6.07 Å².